The Labute approximate surface area is 172 Å². The first-order valence-corrected chi connectivity index (χ1v) is 11.1. The Kier molecular flexibility index (Phi) is 7.52. The maximum absolute atomic E-state index is 12.7. The summed E-state index contributed by atoms with van der Waals surface area (Å²) in [6, 6.07) is 1.52. The Hall–Kier alpha value is -2.09. The van der Waals surface area contributed by atoms with E-state index in [-0.39, 0.29) is 23.1 Å². The Bertz CT molecular complexity index is 808. The zero-order valence-corrected chi connectivity index (χ0v) is 17.9. The van der Waals surface area contributed by atoms with Crippen LogP contribution >= 0.6 is 0 Å². The van der Waals surface area contributed by atoms with Crippen LogP contribution in [0.4, 0.5) is 5.82 Å². The SMILES string of the molecule is CCn1c(N2CCCC(C(=O)NCCN3CCCCCC3)C2)cc(=O)n(C)c1=O. The summed E-state index contributed by atoms with van der Waals surface area (Å²) < 4.78 is 2.74. The quantitative estimate of drug-likeness (QED) is 0.757. The molecule has 162 valence electrons. The highest BCUT2D eigenvalue weighted by Gasteiger charge is 2.27. The first-order chi connectivity index (χ1) is 14.0. The lowest BCUT2D eigenvalue weighted by atomic mass is 9.97. The predicted molar refractivity (Wildman–Crippen MR) is 114 cm³/mol. The number of hydrogen-bond donors (Lipinski definition) is 1. The normalized spacial score (nSPS) is 21.0. The first-order valence-electron chi connectivity index (χ1n) is 11.1. The van der Waals surface area contributed by atoms with Crippen LogP contribution in [0.3, 0.4) is 0 Å². The molecule has 1 atom stereocenters. The zero-order chi connectivity index (χ0) is 20.8. The van der Waals surface area contributed by atoms with E-state index in [1.807, 2.05) is 11.8 Å². The molecular weight excluding hydrogens is 370 g/mol. The molecule has 0 radical (unpaired) electrons. The number of amides is 1. The molecule has 0 bridgehead atoms. The van der Waals surface area contributed by atoms with E-state index in [4.69, 9.17) is 0 Å². The molecule has 0 aromatic carbocycles. The number of piperidine rings is 1. The van der Waals surface area contributed by atoms with Crippen LogP contribution < -0.4 is 21.5 Å². The molecule has 3 heterocycles. The lowest BCUT2D eigenvalue weighted by molar-refractivity contribution is -0.125. The predicted octanol–water partition coefficient (Wildman–Crippen LogP) is 0.776. The summed E-state index contributed by atoms with van der Waals surface area (Å²) in [5.41, 5.74) is -0.613. The van der Waals surface area contributed by atoms with Gasteiger partial charge < -0.3 is 15.1 Å². The van der Waals surface area contributed by atoms with Crippen LogP contribution in [0.15, 0.2) is 15.7 Å². The average Bonchev–Trinajstić information content (AvgIpc) is 3.00. The van der Waals surface area contributed by atoms with Gasteiger partial charge in [-0.2, -0.15) is 0 Å². The van der Waals surface area contributed by atoms with E-state index in [9.17, 15) is 14.4 Å². The lowest BCUT2D eigenvalue weighted by Gasteiger charge is -2.34. The molecule has 2 saturated heterocycles. The second-order valence-corrected chi connectivity index (χ2v) is 8.26. The molecule has 3 rings (SSSR count). The molecule has 1 unspecified atom stereocenters. The molecule has 1 N–H and O–H groups in total. The molecule has 29 heavy (non-hydrogen) atoms. The molecule has 2 fully saturated rings. The topological polar surface area (TPSA) is 79.6 Å². The molecule has 2 aliphatic rings. The van der Waals surface area contributed by atoms with Crippen molar-refractivity contribution in [2.45, 2.75) is 52.0 Å². The number of hydrogen-bond acceptors (Lipinski definition) is 5. The molecular formula is C21H35N5O3. The van der Waals surface area contributed by atoms with Gasteiger partial charge in [0.05, 0.1) is 5.92 Å². The highest BCUT2D eigenvalue weighted by atomic mass is 16.2. The Morgan fingerprint density at radius 3 is 2.52 bits per heavy atom. The van der Waals surface area contributed by atoms with Crippen LogP contribution in [0.5, 0.6) is 0 Å². The second-order valence-electron chi connectivity index (χ2n) is 8.26. The van der Waals surface area contributed by atoms with E-state index in [1.165, 1.54) is 38.8 Å². The van der Waals surface area contributed by atoms with Gasteiger partial charge in [-0.05, 0) is 45.7 Å². The number of carbonyl (C=O) groups is 1. The number of nitrogens with one attached hydrogen (secondary N) is 1. The van der Waals surface area contributed by atoms with Crippen molar-refractivity contribution in [2.75, 3.05) is 44.2 Å². The van der Waals surface area contributed by atoms with Gasteiger partial charge in [0.25, 0.3) is 5.56 Å². The van der Waals surface area contributed by atoms with Crippen molar-refractivity contribution >= 4 is 11.7 Å². The van der Waals surface area contributed by atoms with Gasteiger partial charge in [0, 0.05) is 45.8 Å². The summed E-state index contributed by atoms with van der Waals surface area (Å²) in [6.07, 6.45) is 6.84. The van der Waals surface area contributed by atoms with Crippen molar-refractivity contribution in [1.82, 2.24) is 19.4 Å². The maximum Gasteiger partial charge on any atom is 0.332 e. The summed E-state index contributed by atoms with van der Waals surface area (Å²) in [7, 11) is 1.50. The number of anilines is 1. The van der Waals surface area contributed by atoms with Crippen molar-refractivity contribution in [3.63, 3.8) is 0 Å². The highest BCUT2D eigenvalue weighted by Crippen LogP contribution is 2.22. The smallest absolute Gasteiger partial charge is 0.332 e. The molecule has 2 aliphatic heterocycles. The summed E-state index contributed by atoms with van der Waals surface area (Å²) in [4.78, 5) is 41.8. The minimum Gasteiger partial charge on any atom is -0.357 e. The van der Waals surface area contributed by atoms with Crippen LogP contribution in [0.25, 0.3) is 0 Å². The van der Waals surface area contributed by atoms with Gasteiger partial charge >= 0.3 is 5.69 Å². The Balaban J connectivity index is 1.59. The standard InChI is InChI=1S/C21H35N5O3/c1-3-26-18(15-19(27)23(2)21(26)29)25-13-8-9-17(16-25)20(28)22-10-14-24-11-6-4-5-7-12-24/h15,17H,3-14,16H2,1-2H3,(H,22,28). The fourth-order valence-electron chi connectivity index (χ4n) is 4.46. The summed E-state index contributed by atoms with van der Waals surface area (Å²) >= 11 is 0. The highest BCUT2D eigenvalue weighted by molar-refractivity contribution is 5.79. The van der Waals surface area contributed by atoms with Crippen LogP contribution in [-0.4, -0.2) is 59.2 Å². The number of aromatic nitrogens is 2. The van der Waals surface area contributed by atoms with E-state index in [0.717, 1.165) is 43.6 Å². The van der Waals surface area contributed by atoms with Gasteiger partial charge in [0.15, 0.2) is 0 Å². The van der Waals surface area contributed by atoms with Crippen LogP contribution in [-0.2, 0) is 18.4 Å². The molecule has 1 aromatic rings. The van der Waals surface area contributed by atoms with Crippen molar-refractivity contribution in [3.05, 3.63) is 26.9 Å². The van der Waals surface area contributed by atoms with Gasteiger partial charge in [0.2, 0.25) is 5.91 Å². The number of likely N-dealkylation sites (tertiary alicyclic amines) is 1. The van der Waals surface area contributed by atoms with Crippen molar-refractivity contribution in [3.8, 4) is 0 Å². The minimum absolute atomic E-state index is 0.0822. The summed E-state index contributed by atoms with van der Waals surface area (Å²) in [6.45, 7) is 7.53. The fourth-order valence-corrected chi connectivity index (χ4v) is 4.46. The van der Waals surface area contributed by atoms with Crippen LogP contribution in [0.2, 0.25) is 0 Å². The number of nitrogens with zero attached hydrogens (tertiary/aromatic N) is 4. The van der Waals surface area contributed by atoms with E-state index < -0.39 is 0 Å². The van der Waals surface area contributed by atoms with Crippen LogP contribution in [0, 0.1) is 5.92 Å². The summed E-state index contributed by atoms with van der Waals surface area (Å²) in [5, 5.41) is 3.11. The maximum atomic E-state index is 12.7. The van der Waals surface area contributed by atoms with Gasteiger partial charge in [-0.25, -0.2) is 4.79 Å². The van der Waals surface area contributed by atoms with Gasteiger partial charge in [-0.15, -0.1) is 0 Å². The molecule has 1 aromatic heterocycles. The van der Waals surface area contributed by atoms with E-state index in [2.05, 4.69) is 10.2 Å². The van der Waals surface area contributed by atoms with Gasteiger partial charge in [-0.3, -0.25) is 18.7 Å². The van der Waals surface area contributed by atoms with Crippen molar-refractivity contribution in [2.24, 2.45) is 13.0 Å². The molecule has 0 spiro atoms. The lowest BCUT2D eigenvalue weighted by Crippen LogP contribution is -2.47. The third kappa shape index (κ3) is 5.29. The van der Waals surface area contributed by atoms with Crippen molar-refractivity contribution in [1.29, 1.82) is 0 Å². The van der Waals surface area contributed by atoms with E-state index >= 15 is 0 Å². The van der Waals surface area contributed by atoms with Gasteiger partial charge in [-0.1, -0.05) is 12.8 Å². The van der Waals surface area contributed by atoms with Gasteiger partial charge in [0.1, 0.15) is 5.82 Å². The van der Waals surface area contributed by atoms with E-state index in [1.54, 1.807) is 4.57 Å². The third-order valence-corrected chi connectivity index (χ3v) is 6.24. The Morgan fingerprint density at radius 2 is 1.83 bits per heavy atom. The largest absolute Gasteiger partial charge is 0.357 e. The average molecular weight is 406 g/mol. The molecule has 0 saturated carbocycles. The summed E-state index contributed by atoms with van der Waals surface area (Å²) in [5.74, 6) is 0.596. The van der Waals surface area contributed by atoms with E-state index in [0.29, 0.717) is 25.5 Å². The molecule has 8 heteroatoms. The number of carbonyl (C=O) groups excluding carboxylic acids is 1. The molecule has 1 amide bonds. The molecule has 8 nitrogen and oxygen atoms in total. The monoisotopic (exact) mass is 405 g/mol. The zero-order valence-electron chi connectivity index (χ0n) is 17.9. The second kappa shape index (κ2) is 10.1. The molecule has 0 aliphatic carbocycles. The number of rotatable bonds is 6. The first kappa shape index (κ1) is 21.6. The Morgan fingerprint density at radius 1 is 1.10 bits per heavy atom. The fraction of sp³-hybridized carbons (Fsp3) is 0.762. The third-order valence-electron chi connectivity index (χ3n) is 6.24. The minimum atomic E-state index is -0.307. The van der Waals surface area contributed by atoms with Crippen molar-refractivity contribution < 1.29 is 4.79 Å². The van der Waals surface area contributed by atoms with Crippen LogP contribution in [0.1, 0.15) is 45.4 Å².